The summed E-state index contributed by atoms with van der Waals surface area (Å²) in [7, 11) is -3.53. The molecule has 1 unspecified atom stereocenters. The van der Waals surface area contributed by atoms with Gasteiger partial charge in [0.2, 0.25) is 10.0 Å². The predicted octanol–water partition coefficient (Wildman–Crippen LogP) is 5.04. The lowest BCUT2D eigenvalue weighted by molar-refractivity contribution is 0.160. The Labute approximate surface area is 210 Å². The van der Waals surface area contributed by atoms with E-state index in [-0.39, 0.29) is 5.54 Å². The molecule has 0 bridgehead atoms. The van der Waals surface area contributed by atoms with Gasteiger partial charge in [0.1, 0.15) is 12.4 Å². The monoisotopic (exact) mass is 546 g/mol. The third-order valence-corrected chi connectivity index (χ3v) is 6.31. The van der Waals surface area contributed by atoms with Crippen LogP contribution in [0.2, 0.25) is 0 Å². The van der Waals surface area contributed by atoms with Crippen molar-refractivity contribution in [2.45, 2.75) is 38.5 Å². The highest BCUT2D eigenvalue weighted by Crippen LogP contribution is 2.30. The smallest absolute Gasteiger partial charge is 0.229 e. The Morgan fingerprint density at radius 2 is 1.71 bits per heavy atom. The van der Waals surface area contributed by atoms with E-state index in [1.54, 1.807) is 18.2 Å². The number of hydrogen-bond donors (Lipinski definition) is 3. The Bertz CT molecular complexity index is 1200. The fourth-order valence-electron chi connectivity index (χ4n) is 3.61. The van der Waals surface area contributed by atoms with Crippen molar-refractivity contribution in [3.8, 4) is 5.75 Å². The van der Waals surface area contributed by atoms with Crippen LogP contribution < -0.4 is 14.8 Å². The minimum atomic E-state index is -3.53. The topological polar surface area (TPSA) is 87.7 Å². The van der Waals surface area contributed by atoms with Gasteiger partial charge in [-0.1, -0.05) is 64.5 Å². The van der Waals surface area contributed by atoms with E-state index in [0.29, 0.717) is 30.2 Å². The minimum Gasteiger partial charge on any atom is -0.487 e. The standard InChI is InChI=1S/C26H31BrN2O4S/c1-26(2,16-20-10-7-11-22(27)14-20)28-17-24(30)21-12-13-25(23(15-21)29-34(3,31)32)33-18-19-8-5-4-6-9-19/h4-15,24,28-30H,16-18H2,1-3H3. The molecule has 0 amide bonds. The third kappa shape index (κ3) is 8.43. The van der Waals surface area contributed by atoms with Gasteiger partial charge in [-0.3, -0.25) is 4.72 Å². The molecule has 0 aromatic heterocycles. The summed E-state index contributed by atoms with van der Waals surface area (Å²) < 4.78 is 33.2. The average molecular weight is 548 g/mol. The fourth-order valence-corrected chi connectivity index (χ4v) is 4.61. The van der Waals surface area contributed by atoms with E-state index in [1.807, 2.05) is 42.5 Å². The van der Waals surface area contributed by atoms with Gasteiger partial charge in [0, 0.05) is 16.6 Å². The number of nitrogens with one attached hydrogen (secondary N) is 2. The fraction of sp³-hybridized carbons (Fsp3) is 0.308. The molecule has 3 N–H and O–H groups in total. The molecule has 0 saturated heterocycles. The molecule has 3 aromatic carbocycles. The van der Waals surface area contributed by atoms with Gasteiger partial charge in [0.25, 0.3) is 0 Å². The van der Waals surface area contributed by atoms with Crippen molar-refractivity contribution in [2.24, 2.45) is 0 Å². The second-order valence-corrected chi connectivity index (χ2v) is 11.7. The van der Waals surface area contributed by atoms with Crippen molar-refractivity contribution in [3.05, 3.63) is 94.0 Å². The molecule has 0 aliphatic carbocycles. The van der Waals surface area contributed by atoms with Crippen LogP contribution >= 0.6 is 15.9 Å². The Balaban J connectivity index is 1.70. The first-order valence-corrected chi connectivity index (χ1v) is 13.7. The minimum absolute atomic E-state index is 0.256. The highest BCUT2D eigenvalue weighted by atomic mass is 79.9. The lowest BCUT2D eigenvalue weighted by atomic mass is 9.94. The number of rotatable bonds is 11. The van der Waals surface area contributed by atoms with Gasteiger partial charge in [0.15, 0.2) is 0 Å². The normalized spacial score (nSPS) is 12.9. The molecular weight excluding hydrogens is 516 g/mol. The molecule has 6 nitrogen and oxygen atoms in total. The molecule has 3 rings (SSSR count). The van der Waals surface area contributed by atoms with Crippen LogP contribution in [0.3, 0.4) is 0 Å². The van der Waals surface area contributed by atoms with E-state index >= 15 is 0 Å². The van der Waals surface area contributed by atoms with Crippen molar-refractivity contribution in [1.29, 1.82) is 0 Å². The van der Waals surface area contributed by atoms with E-state index in [9.17, 15) is 13.5 Å². The number of halogens is 1. The van der Waals surface area contributed by atoms with Gasteiger partial charge in [-0.15, -0.1) is 0 Å². The number of benzene rings is 3. The summed E-state index contributed by atoms with van der Waals surface area (Å²) in [5.74, 6) is 0.396. The van der Waals surface area contributed by atoms with Crippen molar-refractivity contribution >= 4 is 31.6 Å². The van der Waals surface area contributed by atoms with Crippen LogP contribution in [0.15, 0.2) is 77.3 Å². The molecule has 0 spiro atoms. The van der Waals surface area contributed by atoms with Gasteiger partial charge in [-0.25, -0.2) is 8.42 Å². The van der Waals surface area contributed by atoms with Crippen molar-refractivity contribution < 1.29 is 18.3 Å². The van der Waals surface area contributed by atoms with Crippen LogP contribution in [-0.2, 0) is 23.1 Å². The Hall–Kier alpha value is -2.39. The van der Waals surface area contributed by atoms with Crippen molar-refractivity contribution in [2.75, 3.05) is 17.5 Å². The van der Waals surface area contributed by atoms with Crippen LogP contribution in [-0.4, -0.2) is 31.9 Å². The predicted molar refractivity (Wildman–Crippen MR) is 141 cm³/mol. The Morgan fingerprint density at radius 3 is 2.38 bits per heavy atom. The lowest BCUT2D eigenvalue weighted by Crippen LogP contribution is -2.43. The van der Waals surface area contributed by atoms with Gasteiger partial charge in [-0.2, -0.15) is 0 Å². The summed E-state index contributed by atoms with van der Waals surface area (Å²) in [6.45, 7) is 4.77. The summed E-state index contributed by atoms with van der Waals surface area (Å²) in [6, 6.07) is 22.8. The summed E-state index contributed by atoms with van der Waals surface area (Å²) in [6.07, 6.45) is 1.04. The molecule has 0 radical (unpaired) electrons. The second kappa shape index (κ2) is 11.4. The van der Waals surface area contributed by atoms with E-state index in [2.05, 4.69) is 51.9 Å². The molecular formula is C26H31BrN2O4S. The molecule has 0 saturated carbocycles. The molecule has 1 atom stereocenters. The average Bonchev–Trinajstić information content (AvgIpc) is 2.76. The van der Waals surface area contributed by atoms with E-state index < -0.39 is 16.1 Å². The SMILES string of the molecule is CC(C)(Cc1cccc(Br)c1)NCC(O)c1ccc(OCc2ccccc2)c(NS(C)(=O)=O)c1. The van der Waals surface area contributed by atoms with Crippen LogP contribution in [0.5, 0.6) is 5.75 Å². The van der Waals surface area contributed by atoms with E-state index in [1.165, 1.54) is 5.56 Å². The maximum absolute atomic E-state index is 11.9. The first kappa shape index (κ1) is 26.2. The van der Waals surface area contributed by atoms with Crippen LogP contribution in [0.25, 0.3) is 0 Å². The van der Waals surface area contributed by atoms with Crippen LogP contribution in [0.1, 0.15) is 36.6 Å². The number of aliphatic hydroxyl groups is 1. The zero-order chi connectivity index (χ0) is 24.8. The maximum Gasteiger partial charge on any atom is 0.229 e. The summed E-state index contributed by atoms with van der Waals surface area (Å²) in [4.78, 5) is 0. The summed E-state index contributed by atoms with van der Waals surface area (Å²) in [5, 5.41) is 14.2. The molecule has 182 valence electrons. The molecule has 0 heterocycles. The number of β-amino-alcohol motifs (C(OH)–C–C–N with tert-alkyl or cyclic N) is 1. The number of sulfonamides is 1. The van der Waals surface area contributed by atoms with Gasteiger partial charge >= 0.3 is 0 Å². The van der Waals surface area contributed by atoms with Crippen LogP contribution in [0.4, 0.5) is 5.69 Å². The number of aliphatic hydroxyl groups excluding tert-OH is 1. The zero-order valence-corrected chi connectivity index (χ0v) is 22.0. The van der Waals surface area contributed by atoms with Gasteiger partial charge in [0.05, 0.1) is 18.0 Å². The largest absolute Gasteiger partial charge is 0.487 e. The van der Waals surface area contributed by atoms with E-state index in [0.717, 1.165) is 22.7 Å². The summed E-state index contributed by atoms with van der Waals surface area (Å²) in [5.41, 5.74) is 2.77. The highest BCUT2D eigenvalue weighted by molar-refractivity contribution is 9.10. The Morgan fingerprint density at radius 1 is 1.00 bits per heavy atom. The third-order valence-electron chi connectivity index (χ3n) is 5.23. The van der Waals surface area contributed by atoms with Crippen molar-refractivity contribution in [1.82, 2.24) is 5.32 Å². The van der Waals surface area contributed by atoms with Crippen molar-refractivity contribution in [3.63, 3.8) is 0 Å². The maximum atomic E-state index is 11.9. The quantitative estimate of drug-likeness (QED) is 0.313. The second-order valence-electron chi connectivity index (χ2n) is 8.99. The first-order chi connectivity index (χ1) is 16.0. The Kier molecular flexibility index (Phi) is 8.76. The molecule has 8 heteroatoms. The van der Waals surface area contributed by atoms with E-state index in [4.69, 9.17) is 4.74 Å². The first-order valence-electron chi connectivity index (χ1n) is 11.0. The summed E-state index contributed by atoms with van der Waals surface area (Å²) >= 11 is 3.50. The van der Waals surface area contributed by atoms with Gasteiger partial charge in [-0.05, 0) is 61.2 Å². The molecule has 34 heavy (non-hydrogen) atoms. The number of anilines is 1. The van der Waals surface area contributed by atoms with Gasteiger partial charge < -0.3 is 15.2 Å². The van der Waals surface area contributed by atoms with Crippen LogP contribution in [0, 0.1) is 0 Å². The highest BCUT2D eigenvalue weighted by Gasteiger charge is 2.21. The number of ether oxygens (including phenoxy) is 1. The molecule has 0 fully saturated rings. The zero-order valence-electron chi connectivity index (χ0n) is 19.6. The molecule has 0 aliphatic heterocycles. The molecule has 0 aliphatic rings. The lowest BCUT2D eigenvalue weighted by Gasteiger charge is -2.28. The number of hydrogen-bond acceptors (Lipinski definition) is 5. The molecule has 3 aromatic rings.